The molecule has 2 aliphatic heterocycles. The van der Waals surface area contributed by atoms with Crippen molar-refractivity contribution in [3.63, 3.8) is 0 Å². The third-order valence-corrected chi connectivity index (χ3v) is 8.94. The monoisotopic (exact) mass is 584 g/mol. The molecule has 0 aromatic carbocycles. The van der Waals surface area contributed by atoms with Crippen molar-refractivity contribution in [2.24, 2.45) is 5.92 Å². The number of carbonyl (C=O) groups is 1. The zero-order valence-electron chi connectivity index (χ0n) is 23.3. The Hall–Kier alpha value is -3.51. The number of piperidine rings is 1. The van der Waals surface area contributed by atoms with Gasteiger partial charge in [-0.2, -0.15) is 13.2 Å². The number of hydrogen-bond acceptors (Lipinski definition) is 8. The van der Waals surface area contributed by atoms with Crippen molar-refractivity contribution in [3.05, 3.63) is 60.4 Å². The number of aromatic nitrogens is 3. The van der Waals surface area contributed by atoms with Crippen molar-refractivity contribution in [1.82, 2.24) is 25.2 Å². The van der Waals surface area contributed by atoms with E-state index in [1.165, 1.54) is 12.5 Å². The van der Waals surface area contributed by atoms with E-state index in [2.05, 4.69) is 20.3 Å². The van der Waals surface area contributed by atoms with E-state index in [-0.39, 0.29) is 23.9 Å². The molecule has 5 heterocycles. The van der Waals surface area contributed by atoms with E-state index in [1.54, 1.807) is 12.4 Å². The molecule has 0 radical (unpaired) electrons. The van der Waals surface area contributed by atoms with Gasteiger partial charge in [0.1, 0.15) is 17.7 Å². The highest BCUT2D eigenvalue weighted by atomic mass is 19.4. The van der Waals surface area contributed by atoms with Crippen molar-refractivity contribution in [1.29, 1.82) is 0 Å². The number of nitrogens with zero attached hydrogens (tertiary/aromatic N) is 5. The molecule has 3 fully saturated rings. The summed E-state index contributed by atoms with van der Waals surface area (Å²) in [5.41, 5.74) is -0.257. The molecule has 42 heavy (non-hydrogen) atoms. The Bertz CT molecular complexity index is 1350. The van der Waals surface area contributed by atoms with Crippen molar-refractivity contribution in [3.8, 4) is 11.5 Å². The van der Waals surface area contributed by atoms with Crippen molar-refractivity contribution in [2.75, 3.05) is 31.1 Å². The number of hydrogen-bond donors (Lipinski definition) is 2. The number of anilines is 1. The molecule has 1 atom stereocenters. The second kappa shape index (κ2) is 11.6. The summed E-state index contributed by atoms with van der Waals surface area (Å²) in [4.78, 5) is 29.8. The zero-order valence-corrected chi connectivity index (χ0v) is 23.3. The van der Waals surface area contributed by atoms with Crippen LogP contribution in [0, 0.1) is 5.92 Å². The predicted octanol–water partition coefficient (Wildman–Crippen LogP) is 4.39. The van der Waals surface area contributed by atoms with Gasteiger partial charge in [-0.15, -0.1) is 0 Å². The Kier molecular flexibility index (Phi) is 7.93. The summed E-state index contributed by atoms with van der Waals surface area (Å²) in [6, 6.07) is 6.23. The number of halogens is 3. The van der Waals surface area contributed by atoms with E-state index in [0.29, 0.717) is 69.3 Å². The average molecular weight is 585 g/mol. The van der Waals surface area contributed by atoms with Gasteiger partial charge < -0.3 is 24.6 Å². The number of alkyl halides is 3. The van der Waals surface area contributed by atoms with Gasteiger partial charge in [-0.05, 0) is 69.2 Å². The first-order valence-corrected chi connectivity index (χ1v) is 14.6. The molecule has 0 unspecified atom stereocenters. The van der Waals surface area contributed by atoms with Gasteiger partial charge in [0.05, 0.1) is 23.0 Å². The van der Waals surface area contributed by atoms with E-state index < -0.39 is 17.3 Å². The van der Waals surface area contributed by atoms with Crippen LogP contribution in [-0.4, -0.2) is 69.1 Å². The van der Waals surface area contributed by atoms with Crippen LogP contribution < -0.4 is 10.2 Å². The van der Waals surface area contributed by atoms with E-state index in [9.17, 15) is 23.1 Å². The van der Waals surface area contributed by atoms with Crippen LogP contribution in [0.5, 0.6) is 0 Å². The normalized spacial score (nSPS) is 25.6. The first-order valence-electron chi connectivity index (χ1n) is 14.6. The van der Waals surface area contributed by atoms with Crippen LogP contribution in [0.2, 0.25) is 0 Å². The summed E-state index contributed by atoms with van der Waals surface area (Å²) < 4.78 is 44.6. The van der Waals surface area contributed by atoms with E-state index in [1.807, 2.05) is 21.9 Å². The molecule has 9 nitrogen and oxygen atoms in total. The van der Waals surface area contributed by atoms with Crippen LogP contribution in [0.25, 0.3) is 11.5 Å². The first-order chi connectivity index (χ1) is 20.2. The Morgan fingerprint density at radius 3 is 2.43 bits per heavy atom. The molecule has 1 saturated carbocycles. The number of pyridine rings is 2. The van der Waals surface area contributed by atoms with Gasteiger partial charge in [0.15, 0.2) is 0 Å². The van der Waals surface area contributed by atoms with Crippen molar-refractivity contribution >= 4 is 11.7 Å². The summed E-state index contributed by atoms with van der Waals surface area (Å²) in [6.07, 6.45) is 6.45. The van der Waals surface area contributed by atoms with E-state index in [0.717, 1.165) is 37.0 Å². The quantitative estimate of drug-likeness (QED) is 0.440. The largest absolute Gasteiger partial charge is 0.444 e. The summed E-state index contributed by atoms with van der Waals surface area (Å²) in [6.45, 7) is 2.35. The Labute approximate surface area is 242 Å². The summed E-state index contributed by atoms with van der Waals surface area (Å²) in [5, 5.41) is 15.0. The second-order valence-corrected chi connectivity index (χ2v) is 11.7. The molecule has 2 N–H and O–H groups in total. The maximum atomic E-state index is 13.3. The van der Waals surface area contributed by atoms with Gasteiger partial charge >= 0.3 is 6.18 Å². The molecule has 224 valence electrons. The fraction of sp³-hybridized carbons (Fsp3) is 0.533. The van der Waals surface area contributed by atoms with Gasteiger partial charge in [-0.1, -0.05) is 0 Å². The average Bonchev–Trinajstić information content (AvgIpc) is 3.71. The van der Waals surface area contributed by atoms with Crippen LogP contribution in [0.15, 0.2) is 53.5 Å². The SMILES string of the molecule is O=C(C1CCN(c2cc(C(F)(F)F)ccn2)CC1)N1CC[C@H](NC2CCC(O)(c3ccc(-c4ncco4)cn3)CC2)C1. The van der Waals surface area contributed by atoms with Crippen LogP contribution >= 0.6 is 0 Å². The highest BCUT2D eigenvalue weighted by Gasteiger charge is 2.39. The lowest BCUT2D eigenvalue weighted by atomic mass is 9.79. The third-order valence-electron chi connectivity index (χ3n) is 8.94. The number of aliphatic hydroxyl groups is 1. The first kappa shape index (κ1) is 28.6. The van der Waals surface area contributed by atoms with Gasteiger partial charge in [-0.25, -0.2) is 9.97 Å². The molecule has 2 saturated heterocycles. The number of rotatable bonds is 6. The lowest BCUT2D eigenvalue weighted by Gasteiger charge is -2.37. The third kappa shape index (κ3) is 6.14. The maximum absolute atomic E-state index is 13.3. The second-order valence-electron chi connectivity index (χ2n) is 11.7. The smallest absolute Gasteiger partial charge is 0.416 e. The molecule has 3 aromatic rings. The maximum Gasteiger partial charge on any atom is 0.416 e. The number of oxazole rings is 1. The molecule has 12 heteroatoms. The minimum Gasteiger partial charge on any atom is -0.444 e. The zero-order chi connectivity index (χ0) is 29.3. The molecular weight excluding hydrogens is 549 g/mol. The van der Waals surface area contributed by atoms with Crippen LogP contribution in [0.4, 0.5) is 19.0 Å². The molecule has 3 aromatic heterocycles. The summed E-state index contributed by atoms with van der Waals surface area (Å²) in [5.74, 6) is 0.807. The molecule has 3 aliphatic rings. The van der Waals surface area contributed by atoms with Gasteiger partial charge in [0.25, 0.3) is 0 Å². The molecule has 6 rings (SSSR count). The Balaban J connectivity index is 0.955. The highest BCUT2D eigenvalue weighted by molar-refractivity contribution is 5.79. The molecule has 1 aliphatic carbocycles. The van der Waals surface area contributed by atoms with E-state index >= 15 is 0 Å². The minimum atomic E-state index is -4.41. The lowest BCUT2D eigenvalue weighted by molar-refractivity contribution is -0.137. The Morgan fingerprint density at radius 1 is 0.976 bits per heavy atom. The number of likely N-dealkylation sites (tertiary alicyclic amines) is 1. The van der Waals surface area contributed by atoms with Gasteiger partial charge in [0, 0.05) is 56.6 Å². The van der Waals surface area contributed by atoms with Crippen molar-refractivity contribution < 1.29 is 27.5 Å². The fourth-order valence-electron chi connectivity index (χ4n) is 6.49. The highest BCUT2D eigenvalue weighted by Crippen LogP contribution is 2.37. The van der Waals surface area contributed by atoms with Crippen molar-refractivity contribution in [2.45, 2.75) is 68.8 Å². The molecule has 0 bridgehead atoms. The fourth-order valence-corrected chi connectivity index (χ4v) is 6.49. The summed E-state index contributed by atoms with van der Waals surface area (Å²) in [7, 11) is 0. The minimum absolute atomic E-state index is 0.127. The van der Waals surface area contributed by atoms with Gasteiger partial charge in [-0.3, -0.25) is 9.78 Å². The predicted molar refractivity (Wildman–Crippen MR) is 148 cm³/mol. The topological polar surface area (TPSA) is 108 Å². The molecular formula is C30H35F3N6O3. The van der Waals surface area contributed by atoms with Gasteiger partial charge in [0.2, 0.25) is 11.8 Å². The standard InChI is InChI=1S/C30H35F3N6O3/c31-30(32,33)22-5-11-34-26(17-22)38-13-6-20(7-14-38)28(40)39-15-8-24(19-39)37-23-3-9-29(41,10-4-23)25-2-1-21(18-36-25)27-35-12-16-42-27/h1-2,5,11-12,16-18,20,23-24,37,41H,3-4,6-10,13-15,19H2/t23?,24-,29?/m0/s1. The number of carbonyl (C=O) groups excluding carboxylic acids is 1. The van der Waals surface area contributed by atoms with Crippen LogP contribution in [0.1, 0.15) is 56.2 Å². The lowest BCUT2D eigenvalue weighted by Crippen LogP contribution is -2.46. The number of amides is 1. The molecule has 1 amide bonds. The molecule has 0 spiro atoms. The van der Waals surface area contributed by atoms with Crippen LogP contribution in [-0.2, 0) is 16.6 Å². The Morgan fingerprint density at radius 2 is 1.76 bits per heavy atom. The number of nitrogens with one attached hydrogen (secondary N) is 1. The van der Waals surface area contributed by atoms with Crippen LogP contribution in [0.3, 0.4) is 0 Å². The summed E-state index contributed by atoms with van der Waals surface area (Å²) >= 11 is 0. The van der Waals surface area contributed by atoms with E-state index in [4.69, 9.17) is 4.42 Å².